The van der Waals surface area contributed by atoms with E-state index in [1.165, 1.54) is 0 Å². The molecule has 0 heterocycles. The summed E-state index contributed by atoms with van der Waals surface area (Å²) in [4.78, 5) is 11.8. The van der Waals surface area contributed by atoms with Gasteiger partial charge in [0.2, 0.25) is 0 Å². The zero-order valence-corrected chi connectivity index (χ0v) is 10.6. The lowest BCUT2D eigenvalue weighted by Crippen LogP contribution is -2.05. The van der Waals surface area contributed by atoms with Crippen molar-refractivity contribution in [3.63, 3.8) is 0 Å². The van der Waals surface area contributed by atoms with Crippen LogP contribution in [0.15, 0.2) is 48.5 Å². The van der Waals surface area contributed by atoms with Crippen molar-refractivity contribution in [1.29, 1.82) is 0 Å². The lowest BCUT2D eigenvalue weighted by atomic mass is 10.2. The van der Waals surface area contributed by atoms with E-state index in [-0.39, 0.29) is 12.6 Å². The predicted octanol–water partition coefficient (Wildman–Crippen LogP) is 2.63. The summed E-state index contributed by atoms with van der Waals surface area (Å²) in [6.45, 7) is 0.229. The molecule has 2 rings (SSSR count). The molecule has 0 aliphatic carbocycles. The Morgan fingerprint density at radius 3 is 2.26 bits per heavy atom. The number of anilines is 1. The molecule has 0 amide bonds. The maximum atomic E-state index is 11.8. The Balaban J connectivity index is 1.94. The zero-order valence-electron chi connectivity index (χ0n) is 10.6. The van der Waals surface area contributed by atoms with Crippen LogP contribution in [0.4, 0.5) is 5.69 Å². The van der Waals surface area contributed by atoms with Crippen LogP contribution in [0.1, 0.15) is 15.9 Å². The summed E-state index contributed by atoms with van der Waals surface area (Å²) >= 11 is 0. The van der Waals surface area contributed by atoms with E-state index in [9.17, 15) is 4.79 Å². The normalized spacial score (nSPS) is 9.95. The Labute approximate surface area is 111 Å². The number of hydrogen-bond acceptors (Lipinski definition) is 4. The lowest BCUT2D eigenvalue weighted by Gasteiger charge is -2.06. The second-order valence-corrected chi connectivity index (χ2v) is 4.05. The molecular weight excluding hydrogens is 242 g/mol. The van der Waals surface area contributed by atoms with Crippen molar-refractivity contribution < 1.29 is 14.3 Å². The highest BCUT2D eigenvalue weighted by Gasteiger charge is 2.06. The summed E-state index contributed by atoms with van der Waals surface area (Å²) in [5.74, 6) is 0.407. The summed E-state index contributed by atoms with van der Waals surface area (Å²) < 4.78 is 10.3. The van der Waals surface area contributed by atoms with Gasteiger partial charge in [0.15, 0.2) is 0 Å². The Morgan fingerprint density at radius 2 is 1.68 bits per heavy atom. The molecule has 0 atom stereocenters. The summed E-state index contributed by atoms with van der Waals surface area (Å²) in [6, 6.07) is 14.0. The van der Waals surface area contributed by atoms with Crippen LogP contribution in [0, 0.1) is 0 Å². The van der Waals surface area contributed by atoms with Crippen molar-refractivity contribution in [2.24, 2.45) is 0 Å². The molecule has 4 nitrogen and oxygen atoms in total. The third-order valence-electron chi connectivity index (χ3n) is 2.68. The molecule has 0 radical (unpaired) electrons. The van der Waals surface area contributed by atoms with Crippen molar-refractivity contribution in [2.75, 3.05) is 12.8 Å². The van der Waals surface area contributed by atoms with E-state index in [1.807, 2.05) is 24.3 Å². The fraction of sp³-hybridized carbons (Fsp3) is 0.133. The molecule has 0 aromatic heterocycles. The topological polar surface area (TPSA) is 61.5 Å². The van der Waals surface area contributed by atoms with E-state index in [0.29, 0.717) is 11.3 Å². The molecule has 4 heteroatoms. The van der Waals surface area contributed by atoms with E-state index in [0.717, 1.165) is 11.3 Å². The van der Waals surface area contributed by atoms with Crippen molar-refractivity contribution in [3.05, 3.63) is 59.7 Å². The molecule has 0 aliphatic rings. The minimum atomic E-state index is -0.365. The third-order valence-corrected chi connectivity index (χ3v) is 2.68. The largest absolute Gasteiger partial charge is 0.497 e. The first kappa shape index (κ1) is 13.0. The number of carbonyl (C=O) groups is 1. The van der Waals surface area contributed by atoms with Gasteiger partial charge in [0.05, 0.1) is 12.7 Å². The van der Waals surface area contributed by atoms with Gasteiger partial charge in [0, 0.05) is 5.69 Å². The predicted molar refractivity (Wildman–Crippen MR) is 73.0 cm³/mol. The number of ether oxygens (including phenoxy) is 2. The van der Waals surface area contributed by atoms with Gasteiger partial charge in [-0.05, 0) is 42.0 Å². The zero-order chi connectivity index (χ0) is 13.7. The van der Waals surface area contributed by atoms with Gasteiger partial charge in [-0.3, -0.25) is 0 Å². The number of esters is 1. The highest BCUT2D eigenvalue weighted by atomic mass is 16.5. The summed E-state index contributed by atoms with van der Waals surface area (Å²) in [7, 11) is 1.61. The van der Waals surface area contributed by atoms with Gasteiger partial charge in [-0.15, -0.1) is 0 Å². The van der Waals surface area contributed by atoms with Crippen LogP contribution >= 0.6 is 0 Å². The van der Waals surface area contributed by atoms with E-state index in [4.69, 9.17) is 15.2 Å². The smallest absolute Gasteiger partial charge is 0.338 e. The fourth-order valence-corrected chi connectivity index (χ4v) is 1.57. The molecule has 0 unspecified atom stereocenters. The van der Waals surface area contributed by atoms with Crippen molar-refractivity contribution >= 4 is 11.7 Å². The number of nitrogens with two attached hydrogens (primary N) is 1. The molecule has 0 saturated carbocycles. The van der Waals surface area contributed by atoms with E-state index >= 15 is 0 Å². The number of benzene rings is 2. The van der Waals surface area contributed by atoms with Crippen LogP contribution in [-0.4, -0.2) is 13.1 Å². The fourth-order valence-electron chi connectivity index (χ4n) is 1.57. The van der Waals surface area contributed by atoms with Gasteiger partial charge in [0.25, 0.3) is 0 Å². The highest BCUT2D eigenvalue weighted by Crippen LogP contribution is 2.13. The van der Waals surface area contributed by atoms with Crippen molar-refractivity contribution in [2.45, 2.75) is 6.61 Å². The van der Waals surface area contributed by atoms with Crippen LogP contribution in [-0.2, 0) is 11.3 Å². The Hall–Kier alpha value is -2.49. The molecule has 0 fully saturated rings. The van der Waals surface area contributed by atoms with Gasteiger partial charge in [-0.25, -0.2) is 4.79 Å². The average Bonchev–Trinajstić information content (AvgIpc) is 2.46. The number of methoxy groups -OCH3 is 1. The van der Waals surface area contributed by atoms with Crippen molar-refractivity contribution in [3.8, 4) is 5.75 Å². The third kappa shape index (κ3) is 3.48. The average molecular weight is 257 g/mol. The Morgan fingerprint density at radius 1 is 1.05 bits per heavy atom. The molecule has 0 saturated heterocycles. The van der Waals surface area contributed by atoms with Gasteiger partial charge in [0.1, 0.15) is 12.4 Å². The minimum absolute atomic E-state index is 0.229. The Kier molecular flexibility index (Phi) is 4.03. The summed E-state index contributed by atoms with van der Waals surface area (Å²) in [6.07, 6.45) is 0. The van der Waals surface area contributed by atoms with Gasteiger partial charge in [-0.2, -0.15) is 0 Å². The van der Waals surface area contributed by atoms with Crippen LogP contribution in [0.3, 0.4) is 0 Å². The molecule has 98 valence electrons. The van der Waals surface area contributed by atoms with Gasteiger partial charge < -0.3 is 15.2 Å². The van der Waals surface area contributed by atoms with E-state index in [2.05, 4.69) is 0 Å². The summed E-state index contributed by atoms with van der Waals surface area (Å²) in [5, 5.41) is 0. The summed E-state index contributed by atoms with van der Waals surface area (Å²) in [5.41, 5.74) is 7.57. The second kappa shape index (κ2) is 5.91. The van der Waals surface area contributed by atoms with Crippen LogP contribution in [0.5, 0.6) is 5.75 Å². The van der Waals surface area contributed by atoms with Crippen LogP contribution in [0.2, 0.25) is 0 Å². The lowest BCUT2D eigenvalue weighted by molar-refractivity contribution is 0.0473. The number of nitrogen functional groups attached to an aromatic ring is 1. The first-order valence-corrected chi connectivity index (χ1v) is 5.84. The molecule has 2 aromatic rings. The maximum Gasteiger partial charge on any atom is 0.338 e. The number of rotatable bonds is 4. The SMILES string of the molecule is COc1ccc(COC(=O)c2ccc(N)cc2)cc1. The Bertz CT molecular complexity index is 547. The number of carbonyl (C=O) groups excluding carboxylic acids is 1. The molecule has 19 heavy (non-hydrogen) atoms. The first-order chi connectivity index (χ1) is 9.19. The molecule has 0 spiro atoms. The van der Waals surface area contributed by atoms with Gasteiger partial charge in [-0.1, -0.05) is 12.1 Å². The van der Waals surface area contributed by atoms with E-state index < -0.39 is 0 Å². The monoisotopic (exact) mass is 257 g/mol. The highest BCUT2D eigenvalue weighted by molar-refractivity contribution is 5.89. The molecule has 0 bridgehead atoms. The number of hydrogen-bond donors (Lipinski definition) is 1. The van der Waals surface area contributed by atoms with Crippen molar-refractivity contribution in [1.82, 2.24) is 0 Å². The van der Waals surface area contributed by atoms with Crippen LogP contribution < -0.4 is 10.5 Å². The maximum absolute atomic E-state index is 11.8. The molecular formula is C15H15NO3. The van der Waals surface area contributed by atoms with Crippen LogP contribution in [0.25, 0.3) is 0 Å². The standard InChI is InChI=1S/C15H15NO3/c1-18-14-8-2-11(3-9-14)10-19-15(17)12-4-6-13(16)7-5-12/h2-9H,10,16H2,1H3. The molecule has 2 aromatic carbocycles. The quantitative estimate of drug-likeness (QED) is 0.675. The molecule has 2 N–H and O–H groups in total. The molecule has 0 aliphatic heterocycles. The second-order valence-electron chi connectivity index (χ2n) is 4.05. The minimum Gasteiger partial charge on any atom is -0.497 e. The van der Waals surface area contributed by atoms with E-state index in [1.54, 1.807) is 31.4 Å². The first-order valence-electron chi connectivity index (χ1n) is 5.84. The van der Waals surface area contributed by atoms with Gasteiger partial charge >= 0.3 is 5.97 Å².